The van der Waals surface area contributed by atoms with E-state index in [9.17, 15) is 9.18 Å². The summed E-state index contributed by atoms with van der Waals surface area (Å²) < 4.78 is 14.2. The van der Waals surface area contributed by atoms with Crippen molar-refractivity contribution in [2.45, 2.75) is 13.8 Å². The van der Waals surface area contributed by atoms with E-state index in [0.29, 0.717) is 17.6 Å². The molecule has 0 aliphatic carbocycles. The van der Waals surface area contributed by atoms with Crippen LogP contribution in [-0.2, 0) is 0 Å². The highest BCUT2D eigenvalue weighted by molar-refractivity contribution is 9.10. The number of likely N-dealkylation sites (N-methyl/N-ethyl adjacent to an activating group) is 1. The summed E-state index contributed by atoms with van der Waals surface area (Å²) in [4.78, 5) is 13.5. The predicted molar refractivity (Wildman–Crippen MR) is 75.2 cm³/mol. The van der Waals surface area contributed by atoms with Crippen molar-refractivity contribution in [3.8, 4) is 0 Å². The van der Waals surface area contributed by atoms with E-state index in [4.69, 9.17) is 0 Å². The summed E-state index contributed by atoms with van der Waals surface area (Å²) in [6, 6.07) is 4.17. The number of hydrogen-bond donors (Lipinski definition) is 1. The van der Waals surface area contributed by atoms with Crippen LogP contribution in [0.1, 0.15) is 13.8 Å². The van der Waals surface area contributed by atoms with Gasteiger partial charge in [-0.25, -0.2) is 9.18 Å². The Bertz CT molecular complexity index is 462. The Balaban J connectivity index is 2.76. The minimum absolute atomic E-state index is 0.170. The molecule has 0 bridgehead atoms. The molecule has 1 rings (SSSR count). The average Bonchev–Trinajstić information content (AvgIpc) is 2.29. The number of urea groups is 1. The minimum atomic E-state index is -0.468. The van der Waals surface area contributed by atoms with E-state index in [2.05, 4.69) is 27.8 Å². The Hall–Kier alpha value is -1.36. The van der Waals surface area contributed by atoms with Crippen molar-refractivity contribution in [1.29, 1.82) is 0 Å². The zero-order valence-corrected chi connectivity index (χ0v) is 12.1. The van der Waals surface area contributed by atoms with E-state index in [-0.39, 0.29) is 11.7 Å². The molecule has 0 unspecified atom stereocenters. The number of nitrogens with zero attached hydrogens (tertiary/aromatic N) is 1. The first-order valence-electron chi connectivity index (χ1n) is 5.59. The quantitative estimate of drug-likeness (QED) is 0.836. The summed E-state index contributed by atoms with van der Waals surface area (Å²) in [5.74, 6) is -0.468. The molecule has 0 saturated carbocycles. The number of benzene rings is 1. The third-order valence-corrected chi connectivity index (χ3v) is 2.80. The van der Waals surface area contributed by atoms with Crippen molar-refractivity contribution >= 4 is 27.6 Å². The summed E-state index contributed by atoms with van der Waals surface area (Å²) in [6.45, 7) is 8.46. The van der Waals surface area contributed by atoms with Gasteiger partial charge in [0, 0.05) is 17.6 Å². The van der Waals surface area contributed by atoms with Crippen molar-refractivity contribution in [3.05, 3.63) is 40.6 Å². The fraction of sp³-hybridized carbons (Fsp3) is 0.308. The Kier molecular flexibility index (Phi) is 5.34. The molecular formula is C13H16BrFN2O. The molecule has 0 fully saturated rings. The summed E-state index contributed by atoms with van der Waals surface area (Å²) in [7, 11) is 0. The molecule has 0 atom stereocenters. The molecule has 5 heteroatoms. The van der Waals surface area contributed by atoms with Crippen LogP contribution in [0.15, 0.2) is 34.8 Å². The maximum atomic E-state index is 13.6. The van der Waals surface area contributed by atoms with Crippen LogP contribution < -0.4 is 5.32 Å². The van der Waals surface area contributed by atoms with E-state index in [1.54, 1.807) is 11.0 Å². The van der Waals surface area contributed by atoms with Crippen LogP contribution >= 0.6 is 15.9 Å². The lowest BCUT2D eigenvalue weighted by Gasteiger charge is -2.21. The average molecular weight is 315 g/mol. The minimum Gasteiger partial charge on any atom is -0.321 e. The molecule has 1 aromatic rings. The lowest BCUT2D eigenvalue weighted by Crippen LogP contribution is -2.36. The summed E-state index contributed by atoms with van der Waals surface area (Å²) in [6.07, 6.45) is 0. The second-order valence-electron chi connectivity index (χ2n) is 4.03. The van der Waals surface area contributed by atoms with E-state index >= 15 is 0 Å². The number of halogens is 2. The van der Waals surface area contributed by atoms with Crippen LogP contribution in [-0.4, -0.2) is 24.0 Å². The van der Waals surface area contributed by atoms with Gasteiger partial charge in [-0.15, -0.1) is 0 Å². The molecule has 0 heterocycles. The maximum Gasteiger partial charge on any atom is 0.322 e. The first kappa shape index (κ1) is 14.7. The van der Waals surface area contributed by atoms with Gasteiger partial charge < -0.3 is 10.2 Å². The zero-order valence-electron chi connectivity index (χ0n) is 10.5. The van der Waals surface area contributed by atoms with Gasteiger partial charge in [-0.1, -0.05) is 28.1 Å². The molecule has 0 aliphatic heterocycles. The second-order valence-corrected chi connectivity index (χ2v) is 4.94. The van der Waals surface area contributed by atoms with Crippen molar-refractivity contribution < 1.29 is 9.18 Å². The van der Waals surface area contributed by atoms with E-state index in [1.807, 2.05) is 13.8 Å². The molecule has 1 aromatic carbocycles. The predicted octanol–water partition coefficient (Wildman–Crippen LogP) is 4.02. The lowest BCUT2D eigenvalue weighted by atomic mass is 10.3. The number of amides is 2. The molecule has 0 saturated heterocycles. The Morgan fingerprint density at radius 3 is 2.72 bits per heavy atom. The van der Waals surface area contributed by atoms with Crippen molar-refractivity contribution in [2.75, 3.05) is 18.4 Å². The SMILES string of the molecule is C=C(C)CN(CC)C(=O)Nc1ccc(Br)cc1F. The molecular weight excluding hydrogens is 299 g/mol. The van der Waals surface area contributed by atoms with Crippen molar-refractivity contribution in [2.24, 2.45) is 0 Å². The molecule has 0 aromatic heterocycles. The first-order valence-corrected chi connectivity index (χ1v) is 6.38. The molecule has 0 spiro atoms. The summed E-state index contributed by atoms with van der Waals surface area (Å²) in [5, 5.41) is 2.54. The number of anilines is 1. The number of rotatable bonds is 4. The van der Waals surface area contributed by atoms with Gasteiger partial charge in [-0.3, -0.25) is 0 Å². The second kappa shape index (κ2) is 6.54. The summed E-state index contributed by atoms with van der Waals surface area (Å²) >= 11 is 3.16. The molecule has 2 amide bonds. The maximum absolute atomic E-state index is 13.6. The highest BCUT2D eigenvalue weighted by atomic mass is 79.9. The molecule has 0 aliphatic rings. The van der Waals surface area contributed by atoms with Gasteiger partial charge in [-0.2, -0.15) is 0 Å². The van der Waals surface area contributed by atoms with E-state index in [1.165, 1.54) is 12.1 Å². The van der Waals surface area contributed by atoms with Crippen LogP contribution in [0.2, 0.25) is 0 Å². The molecule has 3 nitrogen and oxygen atoms in total. The third-order valence-electron chi connectivity index (χ3n) is 2.30. The van der Waals surface area contributed by atoms with Gasteiger partial charge in [0.2, 0.25) is 0 Å². The lowest BCUT2D eigenvalue weighted by molar-refractivity contribution is 0.218. The highest BCUT2D eigenvalue weighted by Crippen LogP contribution is 2.19. The number of nitrogens with one attached hydrogen (secondary N) is 1. The van der Waals surface area contributed by atoms with E-state index < -0.39 is 5.82 Å². The Morgan fingerprint density at radius 2 is 2.22 bits per heavy atom. The Morgan fingerprint density at radius 1 is 1.56 bits per heavy atom. The third kappa shape index (κ3) is 4.14. The topological polar surface area (TPSA) is 32.3 Å². The molecule has 1 N–H and O–H groups in total. The Labute approximate surface area is 115 Å². The van der Waals surface area contributed by atoms with Gasteiger partial charge >= 0.3 is 6.03 Å². The van der Waals surface area contributed by atoms with Crippen LogP contribution in [0, 0.1) is 5.82 Å². The van der Waals surface area contributed by atoms with Crippen LogP contribution in [0.5, 0.6) is 0 Å². The smallest absolute Gasteiger partial charge is 0.321 e. The largest absolute Gasteiger partial charge is 0.322 e. The summed E-state index contributed by atoms with van der Waals surface area (Å²) in [5.41, 5.74) is 1.05. The van der Waals surface area contributed by atoms with Gasteiger partial charge in [-0.05, 0) is 32.0 Å². The van der Waals surface area contributed by atoms with Crippen molar-refractivity contribution in [1.82, 2.24) is 4.90 Å². The van der Waals surface area contributed by atoms with Crippen molar-refractivity contribution in [3.63, 3.8) is 0 Å². The van der Waals surface area contributed by atoms with Gasteiger partial charge in [0.25, 0.3) is 0 Å². The van der Waals surface area contributed by atoms with Gasteiger partial charge in [0.1, 0.15) is 5.82 Å². The standard InChI is InChI=1S/C13H16BrFN2O/c1-4-17(8-9(2)3)13(18)16-12-6-5-10(14)7-11(12)15/h5-7H,2,4,8H2,1,3H3,(H,16,18). The molecule has 18 heavy (non-hydrogen) atoms. The van der Waals surface area contributed by atoms with Crippen LogP contribution in [0.4, 0.5) is 14.9 Å². The highest BCUT2D eigenvalue weighted by Gasteiger charge is 2.13. The monoisotopic (exact) mass is 314 g/mol. The number of hydrogen-bond acceptors (Lipinski definition) is 1. The fourth-order valence-electron chi connectivity index (χ4n) is 1.44. The molecule has 98 valence electrons. The van der Waals surface area contributed by atoms with Gasteiger partial charge in [0.05, 0.1) is 5.69 Å². The zero-order chi connectivity index (χ0) is 13.7. The fourth-order valence-corrected chi connectivity index (χ4v) is 1.77. The first-order chi connectivity index (χ1) is 8.43. The van der Waals surface area contributed by atoms with E-state index in [0.717, 1.165) is 5.57 Å². The number of carbonyl (C=O) groups excluding carboxylic acids is 1. The molecule has 0 radical (unpaired) electrons. The van der Waals surface area contributed by atoms with Crippen LogP contribution in [0.3, 0.4) is 0 Å². The van der Waals surface area contributed by atoms with Crippen LogP contribution in [0.25, 0.3) is 0 Å². The number of carbonyl (C=O) groups is 1. The van der Waals surface area contributed by atoms with Gasteiger partial charge in [0.15, 0.2) is 0 Å². The normalized spacial score (nSPS) is 10.0.